The van der Waals surface area contributed by atoms with Gasteiger partial charge in [-0.3, -0.25) is 9.74 Å². The van der Waals surface area contributed by atoms with E-state index in [4.69, 9.17) is 9.57 Å². The Morgan fingerprint density at radius 3 is 3.00 bits per heavy atom. The van der Waals surface area contributed by atoms with Gasteiger partial charge in [-0.15, -0.1) is 10.2 Å². The fourth-order valence-corrected chi connectivity index (χ4v) is 3.09. The fraction of sp³-hybridized carbons (Fsp3) is 0.455. The number of carbonyl (C=O) groups excluding carboxylic acids is 1. The van der Waals surface area contributed by atoms with Gasteiger partial charge in [0.05, 0.1) is 19.1 Å². The molecule has 0 fully saturated rings. The Balaban J connectivity index is 1.90. The summed E-state index contributed by atoms with van der Waals surface area (Å²) in [5, 5.41) is 9.65. The molecule has 1 atom stereocenters. The second kappa shape index (κ2) is 7.38. The number of aromatic nitrogens is 2. The third-order valence-corrected chi connectivity index (χ3v) is 4.69. The molecule has 1 unspecified atom stereocenters. The summed E-state index contributed by atoms with van der Waals surface area (Å²) in [7, 11) is 4.57. The first-order chi connectivity index (χ1) is 10.1. The maximum atomic E-state index is 11.9. The summed E-state index contributed by atoms with van der Waals surface area (Å²) < 4.78 is 6.06. The number of ether oxygens (including phenoxy) is 1. The highest BCUT2D eigenvalue weighted by molar-refractivity contribution is 8.01. The van der Waals surface area contributed by atoms with Gasteiger partial charge in [0.1, 0.15) is 0 Å². The van der Waals surface area contributed by atoms with Crippen molar-refractivity contribution in [3.05, 3.63) is 12.3 Å². The molecule has 0 N–H and O–H groups in total. The zero-order valence-corrected chi connectivity index (χ0v) is 13.4. The number of hydrogen-bond donors (Lipinski definition) is 0. The van der Waals surface area contributed by atoms with E-state index in [9.17, 15) is 4.79 Å². The van der Waals surface area contributed by atoms with Gasteiger partial charge in [0.25, 0.3) is 0 Å². The van der Waals surface area contributed by atoms with Gasteiger partial charge in [-0.2, -0.15) is 0 Å². The minimum Gasteiger partial charge on any atom is -0.475 e. The molecule has 2 heterocycles. The molecule has 2 rings (SSSR count). The number of aliphatic imine (C=N–C) groups is 1. The Bertz CT molecular complexity index is 548. The van der Waals surface area contributed by atoms with Crippen LogP contribution >= 0.6 is 23.1 Å². The van der Waals surface area contributed by atoms with Crippen LogP contribution in [-0.4, -0.2) is 60.7 Å². The number of carbonyl (C=O) groups is 1. The van der Waals surface area contributed by atoms with Crippen LogP contribution in [0.3, 0.4) is 0 Å². The van der Waals surface area contributed by atoms with Crippen molar-refractivity contribution in [3.63, 3.8) is 0 Å². The zero-order valence-electron chi connectivity index (χ0n) is 11.8. The van der Waals surface area contributed by atoms with Crippen LogP contribution in [0.25, 0.3) is 0 Å². The van der Waals surface area contributed by atoms with Crippen LogP contribution in [0.5, 0.6) is 0 Å². The number of amides is 2. The maximum absolute atomic E-state index is 11.9. The predicted octanol–water partition coefficient (Wildman–Crippen LogP) is 1.62. The second-order valence-corrected chi connectivity index (χ2v) is 6.12. The number of rotatable bonds is 5. The zero-order chi connectivity index (χ0) is 15.2. The smallest absolute Gasteiger partial charge is 0.349 e. The molecule has 2 amide bonds. The quantitative estimate of drug-likeness (QED) is 0.464. The summed E-state index contributed by atoms with van der Waals surface area (Å²) in [6, 6.07) is -0.324. The molecule has 0 bridgehead atoms. The van der Waals surface area contributed by atoms with Crippen molar-refractivity contribution < 1.29 is 14.4 Å². The first-order valence-electron chi connectivity index (χ1n) is 5.97. The molecule has 1 aromatic heterocycles. The first kappa shape index (κ1) is 15.7. The lowest BCUT2D eigenvalue weighted by Gasteiger charge is -2.19. The van der Waals surface area contributed by atoms with E-state index < -0.39 is 0 Å². The molecule has 1 aliphatic heterocycles. The van der Waals surface area contributed by atoms with E-state index in [1.807, 2.05) is 0 Å². The van der Waals surface area contributed by atoms with Crippen LogP contribution in [0.15, 0.2) is 21.7 Å². The minimum atomic E-state index is -0.324. The molecule has 8 nitrogen and oxygen atoms in total. The van der Waals surface area contributed by atoms with E-state index in [1.54, 1.807) is 25.6 Å². The number of thioether (sulfide) groups is 1. The number of hydrogen-bond acceptors (Lipinski definition) is 8. The lowest BCUT2D eigenvalue weighted by atomic mass is 10.6. The molecule has 1 aromatic rings. The van der Waals surface area contributed by atoms with Crippen molar-refractivity contribution in [1.29, 1.82) is 0 Å². The van der Waals surface area contributed by atoms with Crippen molar-refractivity contribution in [1.82, 2.24) is 15.3 Å². The van der Waals surface area contributed by atoms with Gasteiger partial charge in [-0.25, -0.2) is 14.9 Å². The van der Waals surface area contributed by atoms with Crippen molar-refractivity contribution in [3.8, 4) is 0 Å². The maximum Gasteiger partial charge on any atom is 0.349 e. The molecule has 1 aliphatic rings. The molecule has 21 heavy (non-hydrogen) atoms. The first-order valence-corrected chi connectivity index (χ1v) is 7.77. The normalized spacial score (nSPS) is 16.6. The largest absolute Gasteiger partial charge is 0.475 e. The van der Waals surface area contributed by atoms with Gasteiger partial charge in [0.2, 0.25) is 5.13 Å². The van der Waals surface area contributed by atoms with E-state index in [-0.39, 0.29) is 12.3 Å². The van der Waals surface area contributed by atoms with Crippen LogP contribution in [0, 0.1) is 0 Å². The molecule has 0 spiro atoms. The highest BCUT2D eigenvalue weighted by atomic mass is 32.2. The lowest BCUT2D eigenvalue weighted by molar-refractivity contribution is -0.0619. The van der Waals surface area contributed by atoms with E-state index in [1.165, 1.54) is 42.2 Å². The third kappa shape index (κ3) is 4.16. The highest BCUT2D eigenvalue weighted by Gasteiger charge is 2.20. The molecule has 10 heteroatoms. The van der Waals surface area contributed by atoms with Gasteiger partial charge in [-0.1, -0.05) is 23.1 Å². The molecule has 0 saturated heterocycles. The monoisotopic (exact) mass is 329 g/mol. The number of urea groups is 1. The Morgan fingerprint density at radius 2 is 2.33 bits per heavy atom. The van der Waals surface area contributed by atoms with E-state index in [2.05, 4.69) is 15.2 Å². The molecule has 0 saturated carbocycles. The number of anilines is 1. The Labute approximate surface area is 130 Å². The SMILES string of the molecule is CON(C)C(=O)N(C)c1nnc(SCC2N=CC=CO2)s1. The average Bonchev–Trinajstić information content (AvgIpc) is 3.00. The summed E-state index contributed by atoms with van der Waals surface area (Å²) in [6.07, 6.45) is 4.83. The average molecular weight is 329 g/mol. The highest BCUT2D eigenvalue weighted by Crippen LogP contribution is 2.28. The van der Waals surface area contributed by atoms with Crippen molar-refractivity contribution in [2.45, 2.75) is 10.6 Å². The molecule has 0 aliphatic carbocycles. The van der Waals surface area contributed by atoms with Gasteiger partial charge in [0, 0.05) is 20.3 Å². The van der Waals surface area contributed by atoms with Crippen molar-refractivity contribution >= 4 is 40.5 Å². The topological polar surface area (TPSA) is 80.2 Å². The van der Waals surface area contributed by atoms with E-state index >= 15 is 0 Å². The van der Waals surface area contributed by atoms with E-state index in [0.29, 0.717) is 10.9 Å². The van der Waals surface area contributed by atoms with Gasteiger partial charge >= 0.3 is 6.03 Å². The van der Waals surface area contributed by atoms with Crippen molar-refractivity contribution in [2.75, 3.05) is 31.9 Å². The van der Waals surface area contributed by atoms with Crippen LogP contribution in [0.4, 0.5) is 9.93 Å². The van der Waals surface area contributed by atoms with Gasteiger partial charge < -0.3 is 4.74 Å². The standard InChI is InChI=1S/C11H15N5O3S2/c1-15(11(17)16(2)18-3)9-13-14-10(21-9)20-7-8-12-5-4-6-19-8/h4-6,8H,7H2,1-3H3. The molecule has 114 valence electrons. The second-order valence-electron chi connectivity index (χ2n) is 3.90. The van der Waals surface area contributed by atoms with Gasteiger partial charge in [0.15, 0.2) is 10.6 Å². The number of allylic oxidation sites excluding steroid dienone is 1. The lowest BCUT2D eigenvalue weighted by Crippen LogP contribution is -2.38. The summed E-state index contributed by atoms with van der Waals surface area (Å²) >= 11 is 2.80. The summed E-state index contributed by atoms with van der Waals surface area (Å²) in [4.78, 5) is 22.3. The Hall–Kier alpha value is -1.65. The molecular formula is C11H15N5O3S2. The van der Waals surface area contributed by atoms with Crippen LogP contribution < -0.4 is 4.90 Å². The predicted molar refractivity (Wildman–Crippen MR) is 81.7 cm³/mol. The number of nitrogens with zero attached hydrogens (tertiary/aromatic N) is 5. The summed E-state index contributed by atoms with van der Waals surface area (Å²) in [5.41, 5.74) is 0. The Kier molecular flexibility index (Phi) is 5.53. The fourth-order valence-electron chi connectivity index (χ4n) is 1.34. The molecular weight excluding hydrogens is 314 g/mol. The number of hydroxylamine groups is 2. The van der Waals surface area contributed by atoms with Crippen LogP contribution in [0.1, 0.15) is 0 Å². The third-order valence-electron chi connectivity index (χ3n) is 2.51. The Morgan fingerprint density at radius 1 is 1.52 bits per heavy atom. The minimum absolute atomic E-state index is 0.216. The van der Waals surface area contributed by atoms with Gasteiger partial charge in [-0.05, 0) is 6.08 Å². The molecule has 0 radical (unpaired) electrons. The summed E-state index contributed by atoms with van der Waals surface area (Å²) in [5.74, 6) is 0.630. The molecule has 0 aromatic carbocycles. The summed E-state index contributed by atoms with van der Waals surface area (Å²) in [6.45, 7) is 0. The van der Waals surface area contributed by atoms with Crippen molar-refractivity contribution in [2.24, 2.45) is 4.99 Å². The van der Waals surface area contributed by atoms with E-state index in [0.717, 1.165) is 9.40 Å². The van der Waals surface area contributed by atoms with Crippen LogP contribution in [0.2, 0.25) is 0 Å². The van der Waals surface area contributed by atoms with Crippen LogP contribution in [-0.2, 0) is 9.57 Å².